The highest BCUT2D eigenvalue weighted by atomic mass is 35.5. The summed E-state index contributed by atoms with van der Waals surface area (Å²) in [5.41, 5.74) is -0.811. The Bertz CT molecular complexity index is 552. The number of aliphatic hydroxyl groups is 1. The highest BCUT2D eigenvalue weighted by molar-refractivity contribution is 5.85. The number of benzene rings is 1. The van der Waals surface area contributed by atoms with Crippen molar-refractivity contribution < 1.29 is 27.8 Å². The molecule has 0 saturated carbocycles. The number of halogens is 4. The molecule has 1 aromatic carbocycles. The van der Waals surface area contributed by atoms with Crippen LogP contribution < -0.4 is 15.4 Å². The molecular weight excluding hydrogens is 361 g/mol. The summed E-state index contributed by atoms with van der Waals surface area (Å²) >= 11 is 0. The number of alkyl halides is 3. The summed E-state index contributed by atoms with van der Waals surface area (Å²) in [6, 6.07) is 4.45. The number of hydrogen-bond acceptors (Lipinski definition) is 4. The minimum Gasteiger partial charge on any atom is -0.491 e. The van der Waals surface area contributed by atoms with Crippen molar-refractivity contribution >= 4 is 18.3 Å². The lowest BCUT2D eigenvalue weighted by Crippen LogP contribution is -2.42. The lowest BCUT2D eigenvalue weighted by Gasteiger charge is -2.22. The van der Waals surface area contributed by atoms with Gasteiger partial charge in [-0.2, -0.15) is 13.2 Å². The maximum atomic E-state index is 12.6. The Morgan fingerprint density at radius 1 is 1.36 bits per heavy atom. The van der Waals surface area contributed by atoms with E-state index in [0.29, 0.717) is 0 Å². The van der Waals surface area contributed by atoms with Gasteiger partial charge in [0.25, 0.3) is 0 Å². The van der Waals surface area contributed by atoms with Gasteiger partial charge in [0.15, 0.2) is 0 Å². The monoisotopic (exact) mass is 382 g/mol. The Kier molecular flexibility index (Phi) is 8.47. The summed E-state index contributed by atoms with van der Waals surface area (Å²) in [7, 11) is 0. The van der Waals surface area contributed by atoms with Crippen LogP contribution in [0.4, 0.5) is 13.2 Å². The molecular formula is C16H22ClF3N2O3. The minimum atomic E-state index is -4.44. The molecule has 0 radical (unpaired) electrons. The molecule has 1 aliphatic rings. The molecule has 3 N–H and O–H groups in total. The zero-order valence-corrected chi connectivity index (χ0v) is 14.3. The predicted molar refractivity (Wildman–Crippen MR) is 88.8 cm³/mol. The van der Waals surface area contributed by atoms with Gasteiger partial charge in [0, 0.05) is 12.5 Å². The average Bonchev–Trinajstić information content (AvgIpc) is 2.58. The first-order chi connectivity index (χ1) is 11.4. The van der Waals surface area contributed by atoms with Crippen LogP contribution in [-0.2, 0) is 11.0 Å². The van der Waals surface area contributed by atoms with Gasteiger partial charge < -0.3 is 20.5 Å². The number of carbonyl (C=O) groups excluding carboxylic acids is 1. The molecule has 25 heavy (non-hydrogen) atoms. The van der Waals surface area contributed by atoms with Crippen LogP contribution in [0.15, 0.2) is 24.3 Å². The van der Waals surface area contributed by atoms with Crippen molar-refractivity contribution in [1.82, 2.24) is 10.6 Å². The number of ether oxygens (including phenoxy) is 1. The summed E-state index contributed by atoms with van der Waals surface area (Å²) in [5.74, 6) is -0.161. The molecule has 0 spiro atoms. The number of piperidine rings is 1. The third kappa shape index (κ3) is 7.09. The van der Waals surface area contributed by atoms with Gasteiger partial charge in [-0.05, 0) is 44.1 Å². The van der Waals surface area contributed by atoms with E-state index in [2.05, 4.69) is 10.6 Å². The van der Waals surface area contributed by atoms with E-state index in [1.54, 1.807) is 0 Å². The van der Waals surface area contributed by atoms with Crippen molar-refractivity contribution in [3.05, 3.63) is 29.8 Å². The topological polar surface area (TPSA) is 70.6 Å². The van der Waals surface area contributed by atoms with Gasteiger partial charge in [-0.25, -0.2) is 0 Å². The molecule has 0 aromatic heterocycles. The molecule has 1 fully saturated rings. The Labute approximate surface area is 150 Å². The van der Waals surface area contributed by atoms with Gasteiger partial charge in [-0.3, -0.25) is 4.79 Å². The number of rotatable bonds is 6. The first kappa shape index (κ1) is 21.5. The number of hydrogen-bond donors (Lipinski definition) is 3. The standard InChI is InChI=1S/C16H21F3N2O3.ClH/c17-16(18,19)12-2-1-3-14(8-12)24-10-13(22)9-21-15(23)11-4-6-20-7-5-11;/h1-3,8,11,13,20,22H,4-7,9-10H2,(H,21,23);1H. The Hall–Kier alpha value is -1.51. The second kappa shape index (κ2) is 9.84. The van der Waals surface area contributed by atoms with E-state index >= 15 is 0 Å². The summed E-state index contributed by atoms with van der Waals surface area (Å²) in [6.07, 6.45) is -3.93. The highest BCUT2D eigenvalue weighted by Crippen LogP contribution is 2.31. The second-order valence-corrected chi connectivity index (χ2v) is 5.76. The maximum absolute atomic E-state index is 12.6. The molecule has 142 valence electrons. The summed E-state index contributed by atoms with van der Waals surface area (Å²) < 4.78 is 43.0. The molecule has 1 unspecified atom stereocenters. The number of aliphatic hydroxyl groups excluding tert-OH is 1. The van der Waals surface area contributed by atoms with Gasteiger partial charge >= 0.3 is 6.18 Å². The predicted octanol–water partition coefficient (Wildman–Crippen LogP) is 1.98. The zero-order chi connectivity index (χ0) is 17.6. The van der Waals surface area contributed by atoms with E-state index in [1.807, 2.05) is 0 Å². The second-order valence-electron chi connectivity index (χ2n) is 5.76. The van der Waals surface area contributed by atoms with Crippen molar-refractivity contribution in [2.24, 2.45) is 5.92 Å². The van der Waals surface area contributed by atoms with Crippen LogP contribution in [0.1, 0.15) is 18.4 Å². The third-order valence-electron chi connectivity index (χ3n) is 3.83. The van der Waals surface area contributed by atoms with Crippen molar-refractivity contribution in [3.8, 4) is 5.75 Å². The molecule has 9 heteroatoms. The SMILES string of the molecule is Cl.O=C(NCC(O)COc1cccc(C(F)(F)F)c1)C1CCNCC1. The van der Waals surface area contributed by atoms with E-state index in [9.17, 15) is 23.1 Å². The molecule has 2 rings (SSSR count). The molecule has 0 bridgehead atoms. The lowest BCUT2D eigenvalue weighted by molar-refractivity contribution is -0.137. The molecule has 1 saturated heterocycles. The van der Waals surface area contributed by atoms with Crippen molar-refractivity contribution in [1.29, 1.82) is 0 Å². The molecule has 1 amide bonds. The van der Waals surface area contributed by atoms with Crippen LogP contribution >= 0.6 is 12.4 Å². The van der Waals surface area contributed by atoms with E-state index in [1.165, 1.54) is 12.1 Å². The largest absolute Gasteiger partial charge is 0.491 e. The normalized spacial score (nSPS) is 16.6. The van der Waals surface area contributed by atoms with Gasteiger partial charge in [-0.15, -0.1) is 12.4 Å². The zero-order valence-electron chi connectivity index (χ0n) is 13.5. The number of carbonyl (C=O) groups is 1. The van der Waals surface area contributed by atoms with Crippen LogP contribution in [0.25, 0.3) is 0 Å². The first-order valence-electron chi connectivity index (χ1n) is 7.83. The number of amides is 1. The Morgan fingerprint density at radius 3 is 2.68 bits per heavy atom. The summed E-state index contributed by atoms with van der Waals surface area (Å²) in [6.45, 7) is 1.38. The van der Waals surface area contributed by atoms with Crippen LogP contribution in [0.3, 0.4) is 0 Å². The van der Waals surface area contributed by atoms with E-state index in [-0.39, 0.29) is 43.1 Å². The summed E-state index contributed by atoms with van der Waals surface area (Å²) in [5, 5.41) is 15.6. The average molecular weight is 383 g/mol. The van der Waals surface area contributed by atoms with Crippen LogP contribution in [0.2, 0.25) is 0 Å². The Morgan fingerprint density at radius 2 is 2.04 bits per heavy atom. The molecule has 1 aliphatic heterocycles. The van der Waals surface area contributed by atoms with Gasteiger partial charge in [0.05, 0.1) is 5.56 Å². The van der Waals surface area contributed by atoms with Crippen LogP contribution in [0, 0.1) is 5.92 Å². The van der Waals surface area contributed by atoms with Gasteiger partial charge in [0.1, 0.15) is 18.5 Å². The summed E-state index contributed by atoms with van der Waals surface area (Å²) in [4.78, 5) is 11.9. The highest BCUT2D eigenvalue weighted by Gasteiger charge is 2.30. The fraction of sp³-hybridized carbons (Fsp3) is 0.562. The van der Waals surface area contributed by atoms with E-state index in [0.717, 1.165) is 38.1 Å². The minimum absolute atomic E-state index is 0. The number of nitrogens with one attached hydrogen (secondary N) is 2. The molecule has 1 aromatic rings. The van der Waals surface area contributed by atoms with E-state index < -0.39 is 17.8 Å². The van der Waals surface area contributed by atoms with Gasteiger partial charge in [0.2, 0.25) is 5.91 Å². The van der Waals surface area contributed by atoms with Crippen LogP contribution in [0.5, 0.6) is 5.75 Å². The van der Waals surface area contributed by atoms with Crippen molar-refractivity contribution in [2.45, 2.75) is 25.1 Å². The van der Waals surface area contributed by atoms with E-state index in [4.69, 9.17) is 4.74 Å². The molecule has 1 atom stereocenters. The van der Waals surface area contributed by atoms with Crippen molar-refractivity contribution in [2.75, 3.05) is 26.2 Å². The van der Waals surface area contributed by atoms with Gasteiger partial charge in [-0.1, -0.05) is 6.07 Å². The third-order valence-corrected chi connectivity index (χ3v) is 3.83. The first-order valence-corrected chi connectivity index (χ1v) is 7.83. The quantitative estimate of drug-likeness (QED) is 0.703. The fourth-order valence-corrected chi connectivity index (χ4v) is 2.46. The van der Waals surface area contributed by atoms with Crippen molar-refractivity contribution in [3.63, 3.8) is 0 Å². The fourth-order valence-electron chi connectivity index (χ4n) is 2.46. The van der Waals surface area contributed by atoms with Crippen LogP contribution in [-0.4, -0.2) is 43.4 Å². The maximum Gasteiger partial charge on any atom is 0.416 e. The molecule has 1 heterocycles. The molecule has 0 aliphatic carbocycles. The lowest BCUT2D eigenvalue weighted by atomic mass is 9.97. The Balaban J connectivity index is 0.00000312. The molecule has 5 nitrogen and oxygen atoms in total. The smallest absolute Gasteiger partial charge is 0.416 e.